The number of hydrogen-bond acceptors (Lipinski definition) is 3. The van der Waals surface area contributed by atoms with Crippen molar-refractivity contribution in [3.63, 3.8) is 0 Å². The highest BCUT2D eigenvalue weighted by Crippen LogP contribution is 2.26. The van der Waals surface area contributed by atoms with Gasteiger partial charge in [-0.15, -0.1) is 0 Å². The highest BCUT2D eigenvalue weighted by molar-refractivity contribution is 5.61. The van der Waals surface area contributed by atoms with Crippen LogP contribution in [0.5, 0.6) is 5.75 Å². The van der Waals surface area contributed by atoms with Crippen LogP contribution in [0.1, 0.15) is 6.92 Å². The van der Waals surface area contributed by atoms with E-state index in [0.29, 0.717) is 12.4 Å². The first-order chi connectivity index (χ1) is 9.52. The molecule has 7 heteroatoms. The lowest BCUT2D eigenvalue weighted by Crippen LogP contribution is -2.06. The third kappa shape index (κ3) is 2.81. The van der Waals surface area contributed by atoms with Crippen molar-refractivity contribution in [2.24, 2.45) is 0 Å². The minimum Gasteiger partial charge on any atom is -0.494 e. The summed E-state index contributed by atoms with van der Waals surface area (Å²) in [4.78, 5) is 2.47. The van der Waals surface area contributed by atoms with Crippen molar-refractivity contribution in [3.05, 3.63) is 47.8 Å². The highest BCUT2D eigenvalue weighted by Gasteiger charge is 2.20. The van der Waals surface area contributed by atoms with E-state index in [1.165, 1.54) is 12.1 Å². The monoisotopic (exact) mass is 286 g/mol. The first-order valence-corrected chi connectivity index (χ1v) is 5.72. The Morgan fingerprint density at radius 3 is 2.05 bits per heavy atom. The molecule has 1 heterocycles. The second kappa shape index (κ2) is 5.77. The molecule has 0 saturated heterocycles. The van der Waals surface area contributed by atoms with Crippen molar-refractivity contribution in [2.45, 2.75) is 6.92 Å². The summed E-state index contributed by atoms with van der Waals surface area (Å²) in [5, 5.41) is 2.27. The van der Waals surface area contributed by atoms with Crippen LogP contribution >= 0.6 is 0 Å². The van der Waals surface area contributed by atoms with Crippen LogP contribution in [-0.2, 0) is 0 Å². The van der Waals surface area contributed by atoms with Gasteiger partial charge in [0.05, 0.1) is 6.61 Å². The second-order valence-corrected chi connectivity index (χ2v) is 3.78. The molecule has 0 saturated carbocycles. The van der Waals surface area contributed by atoms with Crippen LogP contribution in [0.25, 0.3) is 0 Å². The number of pyridine rings is 1. The van der Waals surface area contributed by atoms with Crippen LogP contribution in [0, 0.1) is 23.5 Å². The molecule has 0 bridgehead atoms. The number of nitrogens with zero attached hydrogens (tertiary/aromatic N) is 1. The van der Waals surface area contributed by atoms with Gasteiger partial charge in [-0.25, -0.2) is 0 Å². The third-order valence-electron chi connectivity index (χ3n) is 2.43. The molecule has 0 aliphatic heterocycles. The molecule has 20 heavy (non-hydrogen) atoms. The van der Waals surface area contributed by atoms with E-state index in [1.807, 2.05) is 0 Å². The molecule has 1 N–H and O–H groups in total. The van der Waals surface area contributed by atoms with E-state index >= 15 is 0 Å². The van der Waals surface area contributed by atoms with E-state index in [0.717, 1.165) is 0 Å². The van der Waals surface area contributed by atoms with E-state index in [4.69, 9.17) is 4.74 Å². The SMILES string of the molecule is CCOc1ccc(Nc2c(F)c(F)nc(F)c2F)cc1. The summed E-state index contributed by atoms with van der Waals surface area (Å²) in [5.74, 6) is -6.03. The largest absolute Gasteiger partial charge is 0.494 e. The van der Waals surface area contributed by atoms with Crippen LogP contribution in [0.15, 0.2) is 24.3 Å². The van der Waals surface area contributed by atoms with Gasteiger partial charge < -0.3 is 10.1 Å². The Bertz CT molecular complexity index is 591. The molecule has 0 unspecified atom stereocenters. The maximum atomic E-state index is 13.4. The zero-order valence-corrected chi connectivity index (χ0v) is 10.4. The van der Waals surface area contributed by atoms with Gasteiger partial charge in [0.1, 0.15) is 11.4 Å². The maximum Gasteiger partial charge on any atom is 0.253 e. The van der Waals surface area contributed by atoms with Gasteiger partial charge >= 0.3 is 0 Å². The van der Waals surface area contributed by atoms with Gasteiger partial charge in [0.15, 0.2) is 0 Å². The van der Waals surface area contributed by atoms with Crippen LogP contribution in [0.4, 0.5) is 28.9 Å². The number of nitrogens with one attached hydrogen (secondary N) is 1. The molecule has 106 valence electrons. The van der Waals surface area contributed by atoms with Gasteiger partial charge in [-0.1, -0.05) is 0 Å². The van der Waals surface area contributed by atoms with Gasteiger partial charge in [0.25, 0.3) is 11.9 Å². The lowest BCUT2D eigenvalue weighted by Gasteiger charge is -2.10. The quantitative estimate of drug-likeness (QED) is 0.686. The number of benzene rings is 1. The molecule has 3 nitrogen and oxygen atoms in total. The molecular formula is C13H10F4N2O. The van der Waals surface area contributed by atoms with Crippen LogP contribution in [-0.4, -0.2) is 11.6 Å². The molecule has 0 spiro atoms. The number of halogens is 4. The van der Waals surface area contributed by atoms with Crippen LogP contribution < -0.4 is 10.1 Å². The molecule has 0 radical (unpaired) electrons. The first-order valence-electron chi connectivity index (χ1n) is 5.72. The zero-order valence-electron chi connectivity index (χ0n) is 10.4. The number of anilines is 2. The minimum absolute atomic E-state index is 0.247. The van der Waals surface area contributed by atoms with Crippen molar-refractivity contribution in [1.82, 2.24) is 4.98 Å². The van der Waals surface area contributed by atoms with Gasteiger partial charge in [-0.05, 0) is 31.2 Å². The Balaban J connectivity index is 2.30. The summed E-state index contributed by atoms with van der Waals surface area (Å²) in [6.45, 7) is 2.27. The lowest BCUT2D eigenvalue weighted by molar-refractivity contribution is 0.340. The molecule has 1 aromatic heterocycles. The summed E-state index contributed by atoms with van der Waals surface area (Å²) in [6, 6.07) is 6.02. The average Bonchev–Trinajstić information content (AvgIpc) is 2.43. The van der Waals surface area contributed by atoms with Crippen LogP contribution in [0.3, 0.4) is 0 Å². The van der Waals surface area contributed by atoms with E-state index in [2.05, 4.69) is 10.3 Å². The molecule has 1 aromatic carbocycles. The Labute approximate surface area is 112 Å². The predicted octanol–water partition coefficient (Wildman–Crippen LogP) is 3.78. The Kier molecular flexibility index (Phi) is 4.07. The number of ether oxygens (including phenoxy) is 1. The molecular weight excluding hydrogens is 276 g/mol. The maximum absolute atomic E-state index is 13.4. The second-order valence-electron chi connectivity index (χ2n) is 3.78. The van der Waals surface area contributed by atoms with Gasteiger partial charge in [0.2, 0.25) is 11.6 Å². The van der Waals surface area contributed by atoms with Crippen molar-refractivity contribution in [3.8, 4) is 5.75 Å². The van der Waals surface area contributed by atoms with E-state index in [1.54, 1.807) is 19.1 Å². The first kappa shape index (κ1) is 14.1. The summed E-state index contributed by atoms with van der Waals surface area (Å²) in [5.41, 5.74) is -0.685. The molecule has 0 aliphatic carbocycles. The summed E-state index contributed by atoms with van der Waals surface area (Å²) in [6.07, 6.45) is 0. The van der Waals surface area contributed by atoms with E-state index in [-0.39, 0.29) is 5.69 Å². The predicted molar refractivity (Wildman–Crippen MR) is 65.0 cm³/mol. The molecule has 0 amide bonds. The average molecular weight is 286 g/mol. The minimum atomic E-state index is -1.71. The molecule has 0 fully saturated rings. The third-order valence-corrected chi connectivity index (χ3v) is 2.43. The zero-order chi connectivity index (χ0) is 14.7. The van der Waals surface area contributed by atoms with E-state index < -0.39 is 29.2 Å². The summed E-state index contributed by atoms with van der Waals surface area (Å²) in [7, 11) is 0. The van der Waals surface area contributed by atoms with Crippen molar-refractivity contribution in [2.75, 3.05) is 11.9 Å². The molecule has 0 atom stereocenters. The Hall–Kier alpha value is -2.31. The number of aromatic nitrogens is 1. The standard InChI is InChI=1S/C13H10F4N2O/c1-2-20-8-5-3-7(4-6-8)18-11-9(14)12(16)19-13(17)10(11)15/h3-6H,2H2,1H3,(H,18,19). The smallest absolute Gasteiger partial charge is 0.253 e. The van der Waals surface area contributed by atoms with Gasteiger partial charge in [0, 0.05) is 5.69 Å². The Morgan fingerprint density at radius 1 is 1.00 bits per heavy atom. The fraction of sp³-hybridized carbons (Fsp3) is 0.154. The fourth-order valence-electron chi connectivity index (χ4n) is 1.54. The topological polar surface area (TPSA) is 34.1 Å². The van der Waals surface area contributed by atoms with Gasteiger partial charge in [-0.3, -0.25) is 0 Å². The fourth-order valence-corrected chi connectivity index (χ4v) is 1.54. The van der Waals surface area contributed by atoms with E-state index in [9.17, 15) is 17.6 Å². The van der Waals surface area contributed by atoms with Crippen molar-refractivity contribution >= 4 is 11.4 Å². The highest BCUT2D eigenvalue weighted by atomic mass is 19.2. The molecule has 2 aromatic rings. The number of hydrogen-bond donors (Lipinski definition) is 1. The van der Waals surface area contributed by atoms with Crippen LogP contribution in [0.2, 0.25) is 0 Å². The van der Waals surface area contributed by atoms with Crippen molar-refractivity contribution in [1.29, 1.82) is 0 Å². The van der Waals surface area contributed by atoms with Crippen molar-refractivity contribution < 1.29 is 22.3 Å². The number of rotatable bonds is 4. The summed E-state index contributed by atoms with van der Waals surface area (Å²) >= 11 is 0. The lowest BCUT2D eigenvalue weighted by atomic mass is 10.2. The Morgan fingerprint density at radius 2 is 1.55 bits per heavy atom. The molecule has 2 rings (SSSR count). The van der Waals surface area contributed by atoms with Gasteiger partial charge in [-0.2, -0.15) is 22.5 Å². The molecule has 0 aliphatic rings. The normalized spacial score (nSPS) is 10.4. The summed E-state index contributed by atoms with van der Waals surface area (Å²) < 4.78 is 57.9.